The quantitative estimate of drug-likeness (QED) is 0.712. The molecule has 0 saturated heterocycles. The first-order valence-electron chi connectivity index (χ1n) is 4.30. The van der Waals surface area contributed by atoms with Crippen molar-refractivity contribution in [2.45, 2.75) is 20.1 Å². The highest BCUT2D eigenvalue weighted by Crippen LogP contribution is 2.02. The Morgan fingerprint density at radius 3 is 3.08 bits per heavy atom. The minimum Gasteiger partial charge on any atom is -0.361 e. The van der Waals surface area contributed by atoms with Gasteiger partial charge in [-0.25, -0.2) is 0 Å². The topological polar surface area (TPSA) is 40.2 Å². The molecule has 0 atom stereocenters. The van der Waals surface area contributed by atoms with E-state index in [1.54, 1.807) is 0 Å². The summed E-state index contributed by atoms with van der Waals surface area (Å²) in [6.45, 7) is 4.07. The van der Waals surface area contributed by atoms with Gasteiger partial charge >= 0.3 is 0 Å². The standard InChI is InChI=1S/C9H16N2O/c1-2-12-8-11-7-3-4-9(11)5-6-10/h3-4,7H,2,5-6,8,10H2,1H3. The summed E-state index contributed by atoms with van der Waals surface area (Å²) >= 11 is 0. The van der Waals surface area contributed by atoms with Gasteiger partial charge in [0.05, 0.1) is 0 Å². The second kappa shape index (κ2) is 4.95. The second-order valence-corrected chi connectivity index (χ2v) is 2.63. The van der Waals surface area contributed by atoms with E-state index in [1.165, 1.54) is 5.69 Å². The highest BCUT2D eigenvalue weighted by molar-refractivity contribution is 5.06. The lowest BCUT2D eigenvalue weighted by Crippen LogP contribution is -2.10. The van der Waals surface area contributed by atoms with Crippen molar-refractivity contribution in [2.24, 2.45) is 5.73 Å². The maximum Gasteiger partial charge on any atom is 0.122 e. The second-order valence-electron chi connectivity index (χ2n) is 2.63. The van der Waals surface area contributed by atoms with E-state index in [0.717, 1.165) is 13.0 Å². The first-order valence-corrected chi connectivity index (χ1v) is 4.30. The molecule has 0 spiro atoms. The van der Waals surface area contributed by atoms with Crippen LogP contribution in [0.25, 0.3) is 0 Å². The third-order valence-corrected chi connectivity index (χ3v) is 1.76. The zero-order chi connectivity index (χ0) is 8.81. The van der Waals surface area contributed by atoms with Gasteiger partial charge in [0.1, 0.15) is 6.73 Å². The van der Waals surface area contributed by atoms with Crippen molar-refractivity contribution < 1.29 is 4.74 Å². The van der Waals surface area contributed by atoms with Crippen LogP contribution in [-0.2, 0) is 17.9 Å². The van der Waals surface area contributed by atoms with E-state index in [-0.39, 0.29) is 0 Å². The molecule has 0 radical (unpaired) electrons. The Labute approximate surface area is 73.1 Å². The van der Waals surface area contributed by atoms with Gasteiger partial charge < -0.3 is 15.0 Å². The van der Waals surface area contributed by atoms with E-state index < -0.39 is 0 Å². The van der Waals surface area contributed by atoms with Crippen LogP contribution in [0.3, 0.4) is 0 Å². The first kappa shape index (κ1) is 9.29. The van der Waals surface area contributed by atoms with Crippen LogP contribution in [0.15, 0.2) is 18.3 Å². The summed E-state index contributed by atoms with van der Waals surface area (Å²) in [5, 5.41) is 0. The van der Waals surface area contributed by atoms with Gasteiger partial charge in [0.15, 0.2) is 0 Å². The van der Waals surface area contributed by atoms with E-state index in [0.29, 0.717) is 13.3 Å². The zero-order valence-corrected chi connectivity index (χ0v) is 7.49. The Kier molecular flexibility index (Phi) is 3.84. The predicted molar refractivity (Wildman–Crippen MR) is 48.8 cm³/mol. The van der Waals surface area contributed by atoms with Gasteiger partial charge in [-0.3, -0.25) is 0 Å². The Bertz CT molecular complexity index is 220. The van der Waals surface area contributed by atoms with E-state index >= 15 is 0 Å². The van der Waals surface area contributed by atoms with E-state index in [9.17, 15) is 0 Å². The maximum absolute atomic E-state index is 5.46. The number of hydrogen-bond donors (Lipinski definition) is 1. The van der Waals surface area contributed by atoms with Gasteiger partial charge in [-0.15, -0.1) is 0 Å². The minimum absolute atomic E-state index is 0.638. The molecule has 1 aromatic rings. The van der Waals surface area contributed by atoms with Crippen molar-refractivity contribution in [3.63, 3.8) is 0 Å². The van der Waals surface area contributed by atoms with Crippen molar-refractivity contribution in [2.75, 3.05) is 13.2 Å². The molecule has 3 heteroatoms. The number of nitrogens with zero attached hydrogens (tertiary/aromatic N) is 1. The molecule has 1 heterocycles. The molecule has 0 amide bonds. The molecule has 0 bridgehead atoms. The molecule has 0 aliphatic rings. The predicted octanol–water partition coefficient (Wildman–Crippen LogP) is 0.983. The van der Waals surface area contributed by atoms with Gasteiger partial charge in [0.2, 0.25) is 0 Å². The lowest BCUT2D eigenvalue weighted by molar-refractivity contribution is 0.0863. The van der Waals surface area contributed by atoms with Crippen molar-refractivity contribution in [1.29, 1.82) is 0 Å². The summed E-state index contributed by atoms with van der Waals surface area (Å²) < 4.78 is 7.37. The normalized spacial score (nSPS) is 10.5. The summed E-state index contributed by atoms with van der Waals surface area (Å²) in [5.74, 6) is 0. The average molecular weight is 168 g/mol. The van der Waals surface area contributed by atoms with Crippen LogP contribution in [0.2, 0.25) is 0 Å². The Morgan fingerprint density at radius 1 is 1.58 bits per heavy atom. The SMILES string of the molecule is CCOCn1cccc1CCN. The van der Waals surface area contributed by atoms with E-state index in [4.69, 9.17) is 10.5 Å². The largest absolute Gasteiger partial charge is 0.361 e. The van der Waals surface area contributed by atoms with Crippen LogP contribution in [0.5, 0.6) is 0 Å². The molecule has 68 valence electrons. The fourth-order valence-electron chi connectivity index (χ4n) is 1.14. The van der Waals surface area contributed by atoms with Crippen molar-refractivity contribution >= 4 is 0 Å². The highest BCUT2D eigenvalue weighted by Gasteiger charge is 1.97. The number of aromatic nitrogens is 1. The van der Waals surface area contributed by atoms with Crippen molar-refractivity contribution in [3.8, 4) is 0 Å². The molecule has 0 unspecified atom stereocenters. The third kappa shape index (κ3) is 2.36. The zero-order valence-electron chi connectivity index (χ0n) is 7.49. The molecule has 0 saturated carbocycles. The fourth-order valence-corrected chi connectivity index (χ4v) is 1.14. The molecule has 0 aromatic carbocycles. The lowest BCUT2D eigenvalue weighted by Gasteiger charge is -2.07. The summed E-state index contributed by atoms with van der Waals surface area (Å²) in [4.78, 5) is 0. The maximum atomic E-state index is 5.46. The molecule has 1 aromatic heterocycles. The van der Waals surface area contributed by atoms with E-state index in [1.807, 2.05) is 19.2 Å². The summed E-state index contributed by atoms with van der Waals surface area (Å²) in [6.07, 6.45) is 2.93. The summed E-state index contributed by atoms with van der Waals surface area (Å²) in [7, 11) is 0. The number of nitrogens with two attached hydrogens (primary N) is 1. The van der Waals surface area contributed by atoms with Crippen LogP contribution >= 0.6 is 0 Å². The van der Waals surface area contributed by atoms with Gasteiger partial charge in [0, 0.05) is 18.5 Å². The molecule has 2 N–H and O–H groups in total. The van der Waals surface area contributed by atoms with Gasteiger partial charge in [-0.05, 0) is 32.0 Å². The van der Waals surface area contributed by atoms with Crippen molar-refractivity contribution in [3.05, 3.63) is 24.0 Å². The Balaban J connectivity index is 2.51. The van der Waals surface area contributed by atoms with Crippen molar-refractivity contribution in [1.82, 2.24) is 4.57 Å². The number of hydrogen-bond acceptors (Lipinski definition) is 2. The smallest absolute Gasteiger partial charge is 0.122 e. The Hall–Kier alpha value is -0.800. The van der Waals surface area contributed by atoms with E-state index in [2.05, 4.69) is 10.6 Å². The highest BCUT2D eigenvalue weighted by atomic mass is 16.5. The first-order chi connectivity index (χ1) is 5.88. The van der Waals surface area contributed by atoms with Gasteiger partial charge in [-0.1, -0.05) is 0 Å². The molecule has 1 rings (SSSR count). The molecule has 0 aliphatic heterocycles. The molecule has 3 nitrogen and oxygen atoms in total. The third-order valence-electron chi connectivity index (χ3n) is 1.76. The molecular weight excluding hydrogens is 152 g/mol. The minimum atomic E-state index is 0.638. The summed E-state index contributed by atoms with van der Waals surface area (Å²) in [5.41, 5.74) is 6.70. The number of rotatable bonds is 5. The molecule has 12 heavy (non-hydrogen) atoms. The van der Waals surface area contributed by atoms with Gasteiger partial charge in [-0.2, -0.15) is 0 Å². The van der Waals surface area contributed by atoms with Crippen LogP contribution in [-0.4, -0.2) is 17.7 Å². The number of ether oxygens (including phenoxy) is 1. The van der Waals surface area contributed by atoms with Crippen LogP contribution in [0, 0.1) is 0 Å². The molecule has 0 aliphatic carbocycles. The molecule has 0 fully saturated rings. The average Bonchev–Trinajstić information content (AvgIpc) is 2.50. The molecular formula is C9H16N2O. The lowest BCUT2D eigenvalue weighted by atomic mass is 10.3. The monoisotopic (exact) mass is 168 g/mol. The fraction of sp³-hybridized carbons (Fsp3) is 0.556. The van der Waals surface area contributed by atoms with Gasteiger partial charge in [0.25, 0.3) is 0 Å². The van der Waals surface area contributed by atoms with Crippen LogP contribution in [0.4, 0.5) is 0 Å². The Morgan fingerprint density at radius 2 is 2.42 bits per heavy atom. The summed E-state index contributed by atoms with van der Waals surface area (Å²) in [6, 6.07) is 4.09. The van der Waals surface area contributed by atoms with Crippen LogP contribution < -0.4 is 5.73 Å². The van der Waals surface area contributed by atoms with Crippen LogP contribution in [0.1, 0.15) is 12.6 Å².